The van der Waals surface area contributed by atoms with Crippen molar-refractivity contribution >= 4 is 34.0 Å². The van der Waals surface area contributed by atoms with Gasteiger partial charge in [0.25, 0.3) is 0 Å². The van der Waals surface area contributed by atoms with Crippen LogP contribution in [-0.4, -0.2) is 6.29 Å². The molecule has 4 nitrogen and oxygen atoms in total. The molecule has 0 radical (unpaired) electrons. The molecule has 0 unspecified atom stereocenters. The summed E-state index contributed by atoms with van der Waals surface area (Å²) >= 11 is 1.47. The van der Waals surface area contributed by atoms with Crippen LogP contribution in [0.3, 0.4) is 0 Å². The Morgan fingerprint density at radius 3 is 2.82 bits per heavy atom. The molecular formula is C12H10N2O2S. The van der Waals surface area contributed by atoms with Crippen molar-refractivity contribution in [2.75, 3.05) is 5.32 Å². The third-order valence-corrected chi connectivity index (χ3v) is 3.24. The zero-order chi connectivity index (χ0) is 12.3. The lowest BCUT2D eigenvalue weighted by Gasteiger charge is -2.05. The number of rotatable bonds is 4. The predicted octanol–water partition coefficient (Wildman–Crippen LogP) is 4.01. The van der Waals surface area contributed by atoms with Crippen molar-refractivity contribution in [1.29, 1.82) is 0 Å². The molecule has 0 spiro atoms. The van der Waals surface area contributed by atoms with E-state index < -0.39 is 0 Å². The van der Waals surface area contributed by atoms with E-state index in [1.54, 1.807) is 30.3 Å². The molecule has 5 heteroatoms. The highest BCUT2D eigenvalue weighted by atomic mass is 32.1. The van der Waals surface area contributed by atoms with Crippen LogP contribution in [0.15, 0.2) is 35.5 Å². The second-order valence-electron chi connectivity index (χ2n) is 3.49. The summed E-state index contributed by atoms with van der Waals surface area (Å²) < 4.78 is 0. The standard InChI is InChI=1S/C12H10N2O2S/c1-8-6-9(7-15)12(17-8)13-10-4-2-3-5-11(10)14-16/h2-7,13H,1H3. The second kappa shape index (κ2) is 4.88. The fourth-order valence-corrected chi connectivity index (χ4v) is 2.39. The minimum absolute atomic E-state index is 0.329. The van der Waals surface area contributed by atoms with E-state index in [0.717, 1.165) is 16.2 Å². The summed E-state index contributed by atoms with van der Waals surface area (Å²) in [6, 6.07) is 8.72. The summed E-state index contributed by atoms with van der Waals surface area (Å²) in [6.45, 7) is 1.92. The minimum Gasteiger partial charge on any atom is -0.345 e. The van der Waals surface area contributed by atoms with Gasteiger partial charge >= 0.3 is 0 Å². The summed E-state index contributed by atoms with van der Waals surface area (Å²) in [6.07, 6.45) is 0.794. The number of aldehydes is 1. The Kier molecular flexibility index (Phi) is 3.30. The van der Waals surface area contributed by atoms with Gasteiger partial charge in [-0.2, -0.15) is 0 Å². The third-order valence-electron chi connectivity index (χ3n) is 2.26. The number of para-hydroxylation sites is 1. The fraction of sp³-hybridized carbons (Fsp3) is 0.0833. The zero-order valence-electron chi connectivity index (χ0n) is 9.14. The molecule has 2 rings (SSSR count). The molecule has 0 amide bonds. The molecule has 0 atom stereocenters. The van der Waals surface area contributed by atoms with Gasteiger partial charge in [-0.1, -0.05) is 12.1 Å². The maximum atomic E-state index is 10.9. The quantitative estimate of drug-likeness (QED) is 0.655. The van der Waals surface area contributed by atoms with Gasteiger partial charge in [-0.15, -0.1) is 16.2 Å². The first-order valence-electron chi connectivity index (χ1n) is 4.99. The molecule has 0 aliphatic carbocycles. The lowest BCUT2D eigenvalue weighted by Crippen LogP contribution is -1.90. The largest absolute Gasteiger partial charge is 0.345 e. The molecule has 0 aliphatic heterocycles. The average Bonchev–Trinajstić information content (AvgIpc) is 2.70. The average molecular weight is 246 g/mol. The van der Waals surface area contributed by atoms with Gasteiger partial charge in [0.15, 0.2) is 6.29 Å². The summed E-state index contributed by atoms with van der Waals surface area (Å²) in [5.41, 5.74) is 1.52. The maximum absolute atomic E-state index is 10.9. The Morgan fingerprint density at radius 1 is 1.35 bits per heavy atom. The number of benzene rings is 1. The molecule has 0 saturated heterocycles. The minimum atomic E-state index is 0.329. The Bertz CT molecular complexity index is 563. The predicted molar refractivity (Wildman–Crippen MR) is 69.6 cm³/mol. The number of nitrogens with zero attached hydrogens (tertiary/aromatic N) is 1. The number of nitrogens with one attached hydrogen (secondary N) is 1. The number of thiophene rings is 1. The van der Waals surface area contributed by atoms with E-state index in [0.29, 0.717) is 16.9 Å². The van der Waals surface area contributed by atoms with E-state index in [4.69, 9.17) is 0 Å². The maximum Gasteiger partial charge on any atom is 0.153 e. The van der Waals surface area contributed by atoms with Gasteiger partial charge in [0, 0.05) is 10.4 Å². The number of carbonyl (C=O) groups excluding carboxylic acids is 1. The van der Waals surface area contributed by atoms with Gasteiger partial charge in [-0.05, 0) is 30.3 Å². The van der Waals surface area contributed by atoms with Crippen LogP contribution in [0.1, 0.15) is 15.2 Å². The Balaban J connectivity index is 2.37. The molecule has 0 saturated carbocycles. The highest BCUT2D eigenvalue weighted by Crippen LogP contribution is 2.33. The van der Waals surface area contributed by atoms with E-state index in [1.165, 1.54) is 11.3 Å². The summed E-state index contributed by atoms with van der Waals surface area (Å²) in [4.78, 5) is 22.5. The van der Waals surface area contributed by atoms with Crippen LogP contribution in [0.4, 0.5) is 16.4 Å². The van der Waals surface area contributed by atoms with Gasteiger partial charge in [-0.25, -0.2) is 0 Å². The van der Waals surface area contributed by atoms with Gasteiger partial charge in [-0.3, -0.25) is 4.79 Å². The number of aryl methyl sites for hydroxylation is 1. The molecule has 1 aromatic heterocycles. The van der Waals surface area contributed by atoms with Gasteiger partial charge in [0.1, 0.15) is 10.7 Å². The van der Waals surface area contributed by atoms with Crippen molar-refractivity contribution in [3.8, 4) is 0 Å². The lowest BCUT2D eigenvalue weighted by molar-refractivity contribution is 0.112. The summed E-state index contributed by atoms with van der Waals surface area (Å²) in [5, 5.41) is 6.72. The van der Waals surface area contributed by atoms with Crippen LogP contribution in [0.5, 0.6) is 0 Å². The molecular weight excluding hydrogens is 236 g/mol. The lowest BCUT2D eigenvalue weighted by atomic mass is 10.2. The van der Waals surface area contributed by atoms with Crippen LogP contribution >= 0.6 is 11.3 Å². The highest BCUT2D eigenvalue weighted by Gasteiger charge is 2.08. The molecule has 0 fully saturated rings. The molecule has 17 heavy (non-hydrogen) atoms. The van der Waals surface area contributed by atoms with E-state index in [1.807, 2.05) is 6.92 Å². The van der Waals surface area contributed by atoms with Crippen LogP contribution in [0, 0.1) is 11.8 Å². The third kappa shape index (κ3) is 2.39. The van der Waals surface area contributed by atoms with E-state index in [9.17, 15) is 9.70 Å². The van der Waals surface area contributed by atoms with E-state index in [2.05, 4.69) is 10.5 Å². The SMILES string of the molecule is Cc1cc(C=O)c(Nc2ccccc2N=O)s1. The molecule has 86 valence electrons. The van der Waals surface area contributed by atoms with E-state index >= 15 is 0 Å². The second-order valence-corrected chi connectivity index (χ2v) is 4.75. The van der Waals surface area contributed by atoms with Gasteiger partial charge in [0.2, 0.25) is 0 Å². The molecule has 0 bridgehead atoms. The van der Waals surface area contributed by atoms with Crippen LogP contribution in [0.25, 0.3) is 0 Å². The number of carbonyl (C=O) groups is 1. The molecule has 2 aromatic rings. The number of nitroso groups, excluding NO2 is 1. The smallest absolute Gasteiger partial charge is 0.153 e. The van der Waals surface area contributed by atoms with Gasteiger partial charge in [0.05, 0.1) is 5.69 Å². The first-order valence-corrected chi connectivity index (χ1v) is 5.81. The molecule has 0 aliphatic rings. The first kappa shape index (κ1) is 11.5. The van der Waals surface area contributed by atoms with E-state index in [-0.39, 0.29) is 0 Å². The number of hydrogen-bond donors (Lipinski definition) is 1. The van der Waals surface area contributed by atoms with Crippen LogP contribution in [0.2, 0.25) is 0 Å². The zero-order valence-corrected chi connectivity index (χ0v) is 9.95. The van der Waals surface area contributed by atoms with Crippen molar-refractivity contribution < 1.29 is 4.79 Å². The monoisotopic (exact) mass is 246 g/mol. The van der Waals surface area contributed by atoms with Crippen molar-refractivity contribution in [1.82, 2.24) is 0 Å². The normalized spacial score (nSPS) is 9.94. The highest BCUT2D eigenvalue weighted by molar-refractivity contribution is 7.16. The van der Waals surface area contributed by atoms with Gasteiger partial charge < -0.3 is 5.32 Å². The summed E-state index contributed by atoms with van der Waals surface area (Å²) in [5.74, 6) is 0. The Hall–Kier alpha value is -2.01. The topological polar surface area (TPSA) is 58.5 Å². The summed E-state index contributed by atoms with van der Waals surface area (Å²) in [7, 11) is 0. The fourth-order valence-electron chi connectivity index (χ4n) is 1.50. The van der Waals surface area contributed by atoms with Crippen LogP contribution in [-0.2, 0) is 0 Å². The van der Waals surface area contributed by atoms with Crippen molar-refractivity contribution in [3.05, 3.63) is 45.7 Å². The van der Waals surface area contributed by atoms with Crippen LogP contribution < -0.4 is 5.32 Å². The number of anilines is 2. The molecule has 1 aromatic carbocycles. The van der Waals surface area contributed by atoms with Crippen molar-refractivity contribution in [3.63, 3.8) is 0 Å². The Labute approximate surface area is 102 Å². The molecule has 1 N–H and O–H groups in total. The molecule has 1 heterocycles. The van der Waals surface area contributed by atoms with Crippen molar-refractivity contribution in [2.45, 2.75) is 6.92 Å². The number of hydrogen-bond acceptors (Lipinski definition) is 5. The first-order chi connectivity index (χ1) is 8.24. The van der Waals surface area contributed by atoms with Crippen molar-refractivity contribution in [2.24, 2.45) is 5.18 Å². The Morgan fingerprint density at radius 2 is 2.12 bits per heavy atom.